The minimum absolute atomic E-state index is 0.118. The van der Waals surface area contributed by atoms with Gasteiger partial charge in [-0.1, -0.05) is 0 Å². The molecule has 0 spiro atoms. The zero-order valence-electron chi connectivity index (χ0n) is 15.0. The number of amides is 3. The minimum atomic E-state index is -2.58. The Hall–Kier alpha value is -2.65. The van der Waals surface area contributed by atoms with Crippen LogP contribution in [0.15, 0.2) is 12.4 Å². The summed E-state index contributed by atoms with van der Waals surface area (Å²) in [5.41, 5.74) is 4.89. The van der Waals surface area contributed by atoms with Crippen LogP contribution in [0.1, 0.15) is 53.1 Å². The van der Waals surface area contributed by atoms with E-state index >= 15 is 0 Å². The van der Waals surface area contributed by atoms with Crippen molar-refractivity contribution < 1.29 is 23.2 Å². The van der Waals surface area contributed by atoms with Crippen LogP contribution < -0.4 is 16.4 Å². The van der Waals surface area contributed by atoms with E-state index in [1.807, 2.05) is 0 Å². The molecule has 8 nitrogen and oxygen atoms in total. The fourth-order valence-electron chi connectivity index (χ4n) is 4.53. The van der Waals surface area contributed by atoms with Gasteiger partial charge in [0.15, 0.2) is 11.4 Å². The zero-order chi connectivity index (χ0) is 20.1. The Morgan fingerprint density at radius 3 is 2.14 bits per heavy atom. The van der Waals surface area contributed by atoms with Crippen LogP contribution >= 0.6 is 0 Å². The molecule has 3 amide bonds. The molecule has 4 N–H and O–H groups in total. The number of carbonyl (C=O) groups excluding carboxylic acids is 3. The van der Waals surface area contributed by atoms with Gasteiger partial charge in [0, 0.05) is 42.2 Å². The third-order valence-electron chi connectivity index (χ3n) is 6.07. The van der Waals surface area contributed by atoms with E-state index in [0.29, 0.717) is 19.3 Å². The number of hydrogen-bond acceptors (Lipinski definition) is 5. The highest BCUT2D eigenvalue weighted by atomic mass is 19.3. The number of hydrogen-bond donors (Lipinski definition) is 3. The van der Waals surface area contributed by atoms with Gasteiger partial charge in [0.2, 0.25) is 5.91 Å². The predicted molar refractivity (Wildman–Crippen MR) is 92.2 cm³/mol. The van der Waals surface area contributed by atoms with Crippen molar-refractivity contribution in [2.45, 2.75) is 50.1 Å². The van der Waals surface area contributed by atoms with Crippen LogP contribution in [0.25, 0.3) is 0 Å². The number of primary amides is 1. The van der Waals surface area contributed by atoms with Crippen LogP contribution in [0, 0.1) is 17.8 Å². The Labute approximate surface area is 159 Å². The highest BCUT2D eigenvalue weighted by Gasteiger charge is 2.72. The summed E-state index contributed by atoms with van der Waals surface area (Å²) in [6.45, 7) is 0. The number of nitrogens with two attached hydrogens (primary N) is 1. The summed E-state index contributed by atoms with van der Waals surface area (Å²) >= 11 is 0. The first-order valence-corrected chi connectivity index (χ1v) is 9.37. The van der Waals surface area contributed by atoms with Gasteiger partial charge in [0.05, 0.1) is 0 Å². The second-order valence-corrected chi connectivity index (χ2v) is 7.86. The topological polar surface area (TPSA) is 127 Å². The highest BCUT2D eigenvalue weighted by molar-refractivity contribution is 6.04. The molecule has 1 heterocycles. The summed E-state index contributed by atoms with van der Waals surface area (Å²) in [5.74, 6) is -5.75. The Balaban J connectivity index is 1.27. The zero-order valence-corrected chi connectivity index (χ0v) is 15.0. The average molecular weight is 393 g/mol. The van der Waals surface area contributed by atoms with Gasteiger partial charge in [-0.15, -0.1) is 0 Å². The monoisotopic (exact) mass is 393 g/mol. The fraction of sp³-hybridized carbons (Fsp3) is 0.611. The Morgan fingerprint density at radius 1 is 0.964 bits per heavy atom. The number of rotatable bonds is 5. The second kappa shape index (κ2) is 6.75. The molecule has 0 aliphatic heterocycles. The van der Waals surface area contributed by atoms with E-state index in [-0.39, 0.29) is 48.1 Å². The van der Waals surface area contributed by atoms with Crippen molar-refractivity contribution >= 4 is 17.7 Å². The van der Waals surface area contributed by atoms with Crippen molar-refractivity contribution in [1.29, 1.82) is 0 Å². The Bertz CT molecular complexity index is 819. The van der Waals surface area contributed by atoms with Gasteiger partial charge < -0.3 is 16.4 Å². The average Bonchev–Trinajstić information content (AvgIpc) is 3.10. The first kappa shape index (κ1) is 18.7. The van der Waals surface area contributed by atoms with Crippen LogP contribution in [-0.4, -0.2) is 45.7 Å². The van der Waals surface area contributed by atoms with Crippen LogP contribution in [0.2, 0.25) is 0 Å². The van der Waals surface area contributed by atoms with Crippen LogP contribution in [-0.2, 0) is 4.79 Å². The van der Waals surface area contributed by atoms with E-state index in [1.54, 1.807) is 0 Å². The first-order valence-electron chi connectivity index (χ1n) is 9.37. The molecule has 150 valence electrons. The van der Waals surface area contributed by atoms with Gasteiger partial charge in [-0.25, -0.2) is 18.7 Å². The number of fused-ring (bicyclic) bond motifs is 1. The lowest BCUT2D eigenvalue weighted by Crippen LogP contribution is -2.40. The van der Waals surface area contributed by atoms with Crippen molar-refractivity contribution in [2.75, 3.05) is 0 Å². The van der Waals surface area contributed by atoms with Crippen LogP contribution in [0.3, 0.4) is 0 Å². The summed E-state index contributed by atoms with van der Waals surface area (Å²) in [5, 5.41) is 5.71. The normalized spacial score (nSPS) is 32.4. The fourth-order valence-corrected chi connectivity index (χ4v) is 4.53. The molecular weight excluding hydrogens is 372 g/mol. The van der Waals surface area contributed by atoms with Gasteiger partial charge in [-0.05, 0) is 32.1 Å². The SMILES string of the molecule is NC(=O)c1nccnc1C(=O)N[C@@H]1CC[C@H](NC(=O)C2C[C@@H]3[C@H](C2)C3(F)F)C1. The molecule has 3 aliphatic rings. The molecule has 3 fully saturated rings. The molecule has 0 aromatic carbocycles. The van der Waals surface area contributed by atoms with E-state index in [4.69, 9.17) is 5.73 Å². The first-order chi connectivity index (χ1) is 13.3. The summed E-state index contributed by atoms with van der Waals surface area (Å²) in [6, 6.07) is -0.311. The smallest absolute Gasteiger partial charge is 0.272 e. The van der Waals surface area contributed by atoms with E-state index in [2.05, 4.69) is 20.6 Å². The maximum Gasteiger partial charge on any atom is 0.272 e. The standard InChI is InChI=1S/C18H21F2N5O3/c19-18(20)11-5-8(6-12(11)18)16(27)24-9-1-2-10(7-9)25-17(28)14-13(15(21)26)22-3-4-23-14/h3-4,8-12H,1-2,5-7H2,(H2,21,26)(H,24,27)(H,25,28)/t8?,9-,10+,11-,12+/m0/s1. The third-order valence-corrected chi connectivity index (χ3v) is 6.07. The number of halogens is 2. The molecular formula is C18H21F2N5O3. The van der Waals surface area contributed by atoms with Crippen molar-refractivity contribution in [3.63, 3.8) is 0 Å². The molecule has 1 aromatic heterocycles. The molecule has 1 unspecified atom stereocenters. The third kappa shape index (κ3) is 3.31. The predicted octanol–water partition coefficient (Wildman–Crippen LogP) is 0.634. The molecule has 0 radical (unpaired) electrons. The van der Waals surface area contributed by atoms with Crippen molar-refractivity contribution in [3.05, 3.63) is 23.8 Å². The van der Waals surface area contributed by atoms with Crippen molar-refractivity contribution in [2.24, 2.45) is 23.5 Å². The summed E-state index contributed by atoms with van der Waals surface area (Å²) in [4.78, 5) is 43.8. The number of carbonyl (C=O) groups is 3. The van der Waals surface area contributed by atoms with Gasteiger partial charge in [-0.3, -0.25) is 14.4 Å². The number of nitrogens with one attached hydrogen (secondary N) is 2. The minimum Gasteiger partial charge on any atom is -0.364 e. The maximum atomic E-state index is 13.3. The van der Waals surface area contributed by atoms with E-state index < -0.39 is 29.6 Å². The quantitative estimate of drug-likeness (QED) is 0.676. The van der Waals surface area contributed by atoms with Gasteiger partial charge in [-0.2, -0.15) is 0 Å². The highest BCUT2D eigenvalue weighted by Crippen LogP contribution is 2.65. The maximum absolute atomic E-state index is 13.3. The molecule has 28 heavy (non-hydrogen) atoms. The molecule has 1 aromatic rings. The Morgan fingerprint density at radius 2 is 1.54 bits per heavy atom. The van der Waals surface area contributed by atoms with E-state index in [9.17, 15) is 23.2 Å². The molecule has 3 aliphatic carbocycles. The molecule has 0 saturated heterocycles. The number of nitrogens with zero attached hydrogens (tertiary/aromatic N) is 2. The molecule has 3 saturated carbocycles. The molecule has 0 bridgehead atoms. The van der Waals surface area contributed by atoms with Gasteiger partial charge in [0.25, 0.3) is 17.7 Å². The van der Waals surface area contributed by atoms with Crippen LogP contribution in [0.4, 0.5) is 8.78 Å². The van der Waals surface area contributed by atoms with Crippen molar-refractivity contribution in [3.8, 4) is 0 Å². The lowest BCUT2D eigenvalue weighted by molar-refractivity contribution is -0.126. The van der Waals surface area contributed by atoms with Crippen LogP contribution in [0.5, 0.6) is 0 Å². The number of alkyl halides is 2. The van der Waals surface area contributed by atoms with E-state index in [1.165, 1.54) is 12.4 Å². The lowest BCUT2D eigenvalue weighted by atomic mass is 10.0. The second-order valence-electron chi connectivity index (χ2n) is 7.86. The molecule has 4 rings (SSSR count). The summed E-state index contributed by atoms with van der Waals surface area (Å²) in [7, 11) is 0. The summed E-state index contributed by atoms with van der Waals surface area (Å²) < 4.78 is 26.5. The Kier molecular flexibility index (Phi) is 4.51. The van der Waals surface area contributed by atoms with Gasteiger partial charge in [0.1, 0.15) is 0 Å². The largest absolute Gasteiger partial charge is 0.364 e. The summed E-state index contributed by atoms with van der Waals surface area (Å²) in [6.07, 6.45) is 4.93. The lowest BCUT2D eigenvalue weighted by Gasteiger charge is -2.19. The van der Waals surface area contributed by atoms with Gasteiger partial charge >= 0.3 is 0 Å². The molecule has 5 atom stereocenters. The van der Waals surface area contributed by atoms with Crippen molar-refractivity contribution in [1.82, 2.24) is 20.6 Å². The molecule has 10 heteroatoms. The van der Waals surface area contributed by atoms with E-state index in [0.717, 1.165) is 0 Å². The number of aromatic nitrogens is 2.